The van der Waals surface area contributed by atoms with Crippen LogP contribution in [-0.2, 0) is 4.79 Å². The minimum atomic E-state index is -0.0605. The third kappa shape index (κ3) is 4.54. The number of aryl methyl sites for hydroxylation is 2. The number of rotatable bonds is 5. The summed E-state index contributed by atoms with van der Waals surface area (Å²) in [5.41, 5.74) is 3.02. The van der Waals surface area contributed by atoms with Crippen LogP contribution in [0.25, 0.3) is 0 Å². The Kier molecular flexibility index (Phi) is 5.12. The van der Waals surface area contributed by atoms with Crippen molar-refractivity contribution < 1.29 is 9.90 Å². The molecule has 2 N–H and O–H groups in total. The Morgan fingerprint density at radius 2 is 2.12 bits per heavy atom. The SMILES string of the molecule is Cc1ccc(C)c(NC(=O)CN(C)CCO)c1. The van der Waals surface area contributed by atoms with Gasteiger partial charge >= 0.3 is 0 Å². The lowest BCUT2D eigenvalue weighted by Gasteiger charge is -2.15. The van der Waals surface area contributed by atoms with E-state index in [1.165, 1.54) is 0 Å². The maximum Gasteiger partial charge on any atom is 0.238 e. The number of hydrogen-bond donors (Lipinski definition) is 2. The fourth-order valence-corrected chi connectivity index (χ4v) is 1.56. The van der Waals surface area contributed by atoms with Crippen LogP contribution in [0.3, 0.4) is 0 Å². The van der Waals surface area contributed by atoms with Crippen LogP contribution in [0.5, 0.6) is 0 Å². The van der Waals surface area contributed by atoms with Crippen LogP contribution in [0.4, 0.5) is 5.69 Å². The van der Waals surface area contributed by atoms with E-state index in [4.69, 9.17) is 5.11 Å². The molecule has 0 aromatic heterocycles. The molecule has 1 aromatic rings. The number of aliphatic hydroxyl groups excluding tert-OH is 1. The van der Waals surface area contributed by atoms with Crippen LogP contribution in [0, 0.1) is 13.8 Å². The molecule has 0 radical (unpaired) electrons. The lowest BCUT2D eigenvalue weighted by atomic mass is 10.1. The third-order valence-corrected chi connectivity index (χ3v) is 2.56. The second-order valence-corrected chi connectivity index (χ2v) is 4.33. The van der Waals surface area contributed by atoms with Gasteiger partial charge in [-0.25, -0.2) is 0 Å². The van der Waals surface area contributed by atoms with E-state index in [0.717, 1.165) is 16.8 Å². The molecule has 0 aliphatic carbocycles. The van der Waals surface area contributed by atoms with Crippen LogP contribution >= 0.6 is 0 Å². The molecule has 0 bridgehead atoms. The van der Waals surface area contributed by atoms with E-state index in [1.54, 1.807) is 11.9 Å². The number of carbonyl (C=O) groups excluding carboxylic acids is 1. The minimum Gasteiger partial charge on any atom is -0.395 e. The monoisotopic (exact) mass is 236 g/mol. The third-order valence-electron chi connectivity index (χ3n) is 2.56. The highest BCUT2D eigenvalue weighted by Crippen LogP contribution is 2.16. The summed E-state index contributed by atoms with van der Waals surface area (Å²) in [6.07, 6.45) is 0. The molecule has 0 fully saturated rings. The number of nitrogens with one attached hydrogen (secondary N) is 1. The van der Waals surface area contributed by atoms with Crippen molar-refractivity contribution in [2.75, 3.05) is 32.1 Å². The predicted molar refractivity (Wildman–Crippen MR) is 69.1 cm³/mol. The van der Waals surface area contributed by atoms with E-state index in [0.29, 0.717) is 6.54 Å². The van der Waals surface area contributed by atoms with E-state index >= 15 is 0 Å². The molecular weight excluding hydrogens is 216 g/mol. The van der Waals surface area contributed by atoms with Crippen molar-refractivity contribution in [1.29, 1.82) is 0 Å². The molecule has 94 valence electrons. The maximum atomic E-state index is 11.7. The van der Waals surface area contributed by atoms with E-state index in [9.17, 15) is 4.79 Å². The minimum absolute atomic E-state index is 0.0605. The second kappa shape index (κ2) is 6.37. The highest BCUT2D eigenvalue weighted by atomic mass is 16.3. The summed E-state index contributed by atoms with van der Waals surface area (Å²) in [7, 11) is 1.80. The number of anilines is 1. The number of nitrogens with zero attached hydrogens (tertiary/aromatic N) is 1. The summed E-state index contributed by atoms with van der Waals surface area (Å²) in [6, 6.07) is 5.96. The molecule has 0 heterocycles. The standard InChI is InChI=1S/C13H20N2O2/c1-10-4-5-11(2)12(8-10)14-13(17)9-15(3)6-7-16/h4-5,8,16H,6-7,9H2,1-3H3,(H,14,17). The summed E-state index contributed by atoms with van der Waals surface area (Å²) < 4.78 is 0. The van der Waals surface area contributed by atoms with Gasteiger partial charge in [-0.05, 0) is 38.1 Å². The largest absolute Gasteiger partial charge is 0.395 e. The van der Waals surface area contributed by atoms with Gasteiger partial charge in [0.2, 0.25) is 5.91 Å². The molecular formula is C13H20N2O2. The molecule has 1 amide bonds. The quantitative estimate of drug-likeness (QED) is 0.807. The van der Waals surface area contributed by atoms with E-state index in [1.807, 2.05) is 32.0 Å². The summed E-state index contributed by atoms with van der Waals surface area (Å²) in [4.78, 5) is 13.5. The number of benzene rings is 1. The Hall–Kier alpha value is -1.39. The summed E-state index contributed by atoms with van der Waals surface area (Å²) in [6.45, 7) is 4.81. The van der Waals surface area contributed by atoms with Gasteiger partial charge in [0.25, 0.3) is 0 Å². The number of carbonyl (C=O) groups is 1. The van der Waals surface area contributed by atoms with Crippen molar-refractivity contribution in [3.8, 4) is 0 Å². The molecule has 17 heavy (non-hydrogen) atoms. The van der Waals surface area contributed by atoms with Gasteiger partial charge in [-0.15, -0.1) is 0 Å². The normalized spacial score (nSPS) is 10.6. The van der Waals surface area contributed by atoms with Gasteiger partial charge in [-0.1, -0.05) is 12.1 Å². The number of aliphatic hydroxyl groups is 1. The lowest BCUT2D eigenvalue weighted by Crippen LogP contribution is -2.32. The maximum absolute atomic E-state index is 11.7. The van der Waals surface area contributed by atoms with Crippen LogP contribution in [0.1, 0.15) is 11.1 Å². The first-order valence-corrected chi connectivity index (χ1v) is 5.69. The van der Waals surface area contributed by atoms with Crippen molar-refractivity contribution in [1.82, 2.24) is 4.90 Å². The van der Waals surface area contributed by atoms with Crippen molar-refractivity contribution in [3.05, 3.63) is 29.3 Å². The zero-order chi connectivity index (χ0) is 12.8. The van der Waals surface area contributed by atoms with Gasteiger partial charge in [0, 0.05) is 12.2 Å². The summed E-state index contributed by atoms with van der Waals surface area (Å²) in [5, 5.41) is 11.6. The van der Waals surface area contributed by atoms with Crippen molar-refractivity contribution >= 4 is 11.6 Å². The number of hydrogen-bond acceptors (Lipinski definition) is 3. The first kappa shape index (κ1) is 13.7. The lowest BCUT2D eigenvalue weighted by molar-refractivity contribution is -0.117. The van der Waals surface area contributed by atoms with Crippen LogP contribution in [-0.4, -0.2) is 42.7 Å². The number of likely N-dealkylation sites (N-methyl/N-ethyl adjacent to an activating group) is 1. The van der Waals surface area contributed by atoms with Crippen LogP contribution < -0.4 is 5.32 Å². The zero-order valence-corrected chi connectivity index (χ0v) is 10.7. The first-order chi connectivity index (χ1) is 8.02. The Morgan fingerprint density at radius 1 is 1.41 bits per heavy atom. The summed E-state index contributed by atoms with van der Waals surface area (Å²) >= 11 is 0. The fourth-order valence-electron chi connectivity index (χ4n) is 1.56. The van der Waals surface area contributed by atoms with Crippen molar-refractivity contribution in [3.63, 3.8) is 0 Å². The molecule has 0 aliphatic rings. The van der Waals surface area contributed by atoms with Crippen molar-refractivity contribution in [2.45, 2.75) is 13.8 Å². The van der Waals surface area contributed by atoms with Gasteiger partial charge in [0.1, 0.15) is 0 Å². The van der Waals surface area contributed by atoms with E-state index in [-0.39, 0.29) is 19.1 Å². The van der Waals surface area contributed by atoms with Gasteiger partial charge in [0.15, 0.2) is 0 Å². The highest BCUT2D eigenvalue weighted by molar-refractivity contribution is 5.93. The van der Waals surface area contributed by atoms with Gasteiger partial charge in [-0.2, -0.15) is 0 Å². The van der Waals surface area contributed by atoms with Gasteiger partial charge in [-0.3, -0.25) is 9.69 Å². The van der Waals surface area contributed by atoms with Crippen molar-refractivity contribution in [2.24, 2.45) is 0 Å². The molecule has 0 spiro atoms. The smallest absolute Gasteiger partial charge is 0.238 e. The average Bonchev–Trinajstić information content (AvgIpc) is 2.23. The zero-order valence-electron chi connectivity index (χ0n) is 10.7. The first-order valence-electron chi connectivity index (χ1n) is 5.69. The molecule has 1 rings (SSSR count). The molecule has 1 aromatic carbocycles. The fraction of sp³-hybridized carbons (Fsp3) is 0.462. The Bertz CT molecular complexity index is 391. The predicted octanol–water partition coefficient (Wildman–Crippen LogP) is 1.17. The molecule has 4 heteroatoms. The molecule has 0 saturated carbocycles. The molecule has 0 saturated heterocycles. The van der Waals surface area contributed by atoms with E-state index < -0.39 is 0 Å². The second-order valence-electron chi connectivity index (χ2n) is 4.33. The Balaban J connectivity index is 2.58. The average molecular weight is 236 g/mol. The molecule has 0 unspecified atom stereocenters. The highest BCUT2D eigenvalue weighted by Gasteiger charge is 2.07. The molecule has 0 atom stereocenters. The molecule has 0 aliphatic heterocycles. The molecule has 4 nitrogen and oxygen atoms in total. The van der Waals surface area contributed by atoms with Crippen LogP contribution in [0.15, 0.2) is 18.2 Å². The number of amides is 1. The van der Waals surface area contributed by atoms with Gasteiger partial charge in [0.05, 0.1) is 13.2 Å². The topological polar surface area (TPSA) is 52.6 Å². The van der Waals surface area contributed by atoms with E-state index in [2.05, 4.69) is 5.32 Å². The van der Waals surface area contributed by atoms with Gasteiger partial charge < -0.3 is 10.4 Å². The Morgan fingerprint density at radius 3 is 2.76 bits per heavy atom. The summed E-state index contributed by atoms with van der Waals surface area (Å²) in [5.74, 6) is -0.0605. The Labute approximate surface area is 102 Å². The van der Waals surface area contributed by atoms with Crippen LogP contribution in [0.2, 0.25) is 0 Å².